The Kier molecular flexibility index (Phi) is 11.4. The minimum Gasteiger partial charge on any atom is -0.311 e. The number of hydrogen-bond donors (Lipinski definition) is 0. The molecule has 0 amide bonds. The molecular formula is C70H72BN3S. The van der Waals surface area contributed by atoms with Crippen LogP contribution in [0.2, 0.25) is 0 Å². The number of benzene rings is 8. The summed E-state index contributed by atoms with van der Waals surface area (Å²) >= 11 is 2.00. The van der Waals surface area contributed by atoms with Crippen LogP contribution in [0.5, 0.6) is 0 Å². The summed E-state index contributed by atoms with van der Waals surface area (Å²) in [5.41, 5.74) is 22.7. The minimum absolute atomic E-state index is 0.00694. The fourth-order valence-corrected chi connectivity index (χ4v) is 13.7. The first-order valence-corrected chi connectivity index (χ1v) is 28.1. The van der Waals surface area contributed by atoms with Crippen molar-refractivity contribution < 1.29 is 0 Å². The number of nitrogens with zero attached hydrogens (tertiary/aromatic N) is 3. The molecule has 0 saturated heterocycles. The molecule has 0 N–H and O–H groups in total. The van der Waals surface area contributed by atoms with Crippen LogP contribution < -0.4 is 30.4 Å². The molecule has 1 aliphatic carbocycles. The van der Waals surface area contributed by atoms with Gasteiger partial charge in [0.05, 0.1) is 17.1 Å². The predicted molar refractivity (Wildman–Crippen MR) is 327 cm³/mol. The van der Waals surface area contributed by atoms with Crippen molar-refractivity contribution in [2.45, 2.75) is 130 Å². The lowest BCUT2D eigenvalue weighted by molar-refractivity contribution is 0.332. The third kappa shape index (κ3) is 8.24. The maximum absolute atomic E-state index is 2.71. The highest BCUT2D eigenvalue weighted by molar-refractivity contribution is 7.33. The molecular weight excluding hydrogens is 926 g/mol. The van der Waals surface area contributed by atoms with Gasteiger partial charge in [-0.3, -0.25) is 0 Å². The quantitative estimate of drug-likeness (QED) is 0.154. The van der Waals surface area contributed by atoms with Crippen molar-refractivity contribution in [1.29, 1.82) is 0 Å². The Morgan fingerprint density at radius 2 is 0.973 bits per heavy atom. The summed E-state index contributed by atoms with van der Waals surface area (Å²) in [5.74, 6) is 0. The van der Waals surface area contributed by atoms with Crippen molar-refractivity contribution in [2.24, 2.45) is 0 Å². The molecule has 3 heterocycles. The van der Waals surface area contributed by atoms with Crippen LogP contribution in [0, 0.1) is 0 Å². The van der Waals surface area contributed by atoms with E-state index in [1.807, 2.05) is 11.3 Å². The molecule has 3 aliphatic rings. The van der Waals surface area contributed by atoms with Gasteiger partial charge in [-0.1, -0.05) is 187 Å². The van der Waals surface area contributed by atoms with Gasteiger partial charge in [0, 0.05) is 54.6 Å². The molecule has 376 valence electrons. The van der Waals surface area contributed by atoms with E-state index >= 15 is 0 Å². The Bertz CT molecular complexity index is 3620. The van der Waals surface area contributed by atoms with Crippen LogP contribution in [0.3, 0.4) is 0 Å². The van der Waals surface area contributed by atoms with Gasteiger partial charge in [-0.15, -0.1) is 11.3 Å². The van der Waals surface area contributed by atoms with Gasteiger partial charge in [0.25, 0.3) is 6.71 Å². The van der Waals surface area contributed by atoms with Crippen LogP contribution in [0.25, 0.3) is 21.2 Å². The molecule has 5 heteroatoms. The zero-order chi connectivity index (χ0) is 52.6. The average Bonchev–Trinajstić information content (AvgIpc) is 3.97. The van der Waals surface area contributed by atoms with Crippen LogP contribution in [0.15, 0.2) is 176 Å². The summed E-state index contributed by atoms with van der Waals surface area (Å²) in [6.45, 7) is 30.9. The second kappa shape index (κ2) is 17.4. The molecule has 12 rings (SSSR count). The Morgan fingerprint density at radius 3 is 1.55 bits per heavy atom. The van der Waals surface area contributed by atoms with Crippen LogP contribution in [0.1, 0.15) is 131 Å². The maximum atomic E-state index is 2.71. The van der Waals surface area contributed by atoms with Crippen LogP contribution in [0.4, 0.5) is 51.2 Å². The van der Waals surface area contributed by atoms with E-state index in [-0.39, 0.29) is 33.8 Å². The third-order valence-corrected chi connectivity index (χ3v) is 18.2. The van der Waals surface area contributed by atoms with Gasteiger partial charge in [0.2, 0.25) is 0 Å². The third-order valence-electron chi connectivity index (χ3n) is 17.0. The van der Waals surface area contributed by atoms with E-state index in [0.29, 0.717) is 0 Å². The van der Waals surface area contributed by atoms with E-state index in [1.54, 1.807) is 0 Å². The fourth-order valence-electron chi connectivity index (χ4n) is 12.4. The second-order valence-corrected chi connectivity index (χ2v) is 27.2. The Morgan fingerprint density at radius 1 is 0.467 bits per heavy atom. The molecule has 0 fully saturated rings. The van der Waals surface area contributed by atoms with E-state index in [9.17, 15) is 0 Å². The molecule has 75 heavy (non-hydrogen) atoms. The highest BCUT2D eigenvalue weighted by Crippen LogP contribution is 2.55. The monoisotopic (exact) mass is 998 g/mol. The molecule has 0 bridgehead atoms. The molecule has 1 aromatic heterocycles. The predicted octanol–water partition coefficient (Wildman–Crippen LogP) is 18.4. The minimum atomic E-state index is -0.0594. The number of hydrogen-bond acceptors (Lipinski definition) is 4. The molecule has 0 unspecified atom stereocenters. The Labute approximate surface area is 452 Å². The van der Waals surface area contributed by atoms with Gasteiger partial charge >= 0.3 is 0 Å². The van der Waals surface area contributed by atoms with E-state index < -0.39 is 0 Å². The molecule has 9 aromatic rings. The number of rotatable bonds is 6. The Balaban J connectivity index is 1.28. The van der Waals surface area contributed by atoms with Crippen LogP contribution >= 0.6 is 11.3 Å². The smallest absolute Gasteiger partial charge is 0.264 e. The van der Waals surface area contributed by atoms with Crippen molar-refractivity contribution in [3.63, 3.8) is 0 Å². The van der Waals surface area contributed by atoms with E-state index in [4.69, 9.17) is 0 Å². The van der Waals surface area contributed by atoms with Crippen LogP contribution in [-0.4, -0.2) is 6.71 Å². The van der Waals surface area contributed by atoms with Gasteiger partial charge in [0.15, 0.2) is 0 Å². The number of para-hydroxylation sites is 2. The molecule has 0 spiro atoms. The number of anilines is 9. The Hall–Kier alpha value is -6.82. The van der Waals surface area contributed by atoms with Crippen molar-refractivity contribution in [3.8, 4) is 11.1 Å². The van der Waals surface area contributed by atoms with Crippen molar-refractivity contribution in [2.75, 3.05) is 14.7 Å². The summed E-state index contributed by atoms with van der Waals surface area (Å²) in [6.07, 6.45) is 2.30. The number of fused-ring (bicyclic) bond motifs is 7. The summed E-state index contributed by atoms with van der Waals surface area (Å²) in [6, 6.07) is 67.6. The SMILES string of the molecule is CC(C)(C)c1ccc(N2c3cc4c(cc3B3c5sc6ccc(C(C)(C)C)cc6c5N(c5ccc(C(C)(C)C)cc5-c5ccccc5)c5cc(N(c6ccccc6)c6ccccc6)cc2c53)C(C)(C)CCC4(C)C)cc1. The normalized spacial score (nSPS) is 15.6. The van der Waals surface area contributed by atoms with Crippen molar-refractivity contribution in [1.82, 2.24) is 0 Å². The maximum Gasteiger partial charge on any atom is 0.264 e. The molecule has 0 saturated carbocycles. The van der Waals surface area contributed by atoms with Gasteiger partial charge < -0.3 is 14.7 Å². The first-order chi connectivity index (χ1) is 35.6. The molecule has 2 aliphatic heterocycles. The molecule has 0 radical (unpaired) electrons. The number of thiophene rings is 1. The summed E-state index contributed by atoms with van der Waals surface area (Å²) < 4.78 is 2.72. The molecule has 3 nitrogen and oxygen atoms in total. The van der Waals surface area contributed by atoms with Crippen molar-refractivity contribution >= 4 is 95.0 Å². The van der Waals surface area contributed by atoms with Gasteiger partial charge in [-0.2, -0.15) is 0 Å². The first kappa shape index (κ1) is 49.1. The van der Waals surface area contributed by atoms with E-state index in [0.717, 1.165) is 29.9 Å². The fraction of sp³-hybridized carbons (Fsp3) is 0.286. The molecule has 8 aromatic carbocycles. The highest BCUT2D eigenvalue weighted by Gasteiger charge is 2.48. The highest BCUT2D eigenvalue weighted by atomic mass is 32.1. The van der Waals surface area contributed by atoms with E-state index in [2.05, 4.69) is 281 Å². The summed E-state index contributed by atoms with van der Waals surface area (Å²) in [4.78, 5) is 7.83. The molecule has 0 atom stereocenters. The van der Waals surface area contributed by atoms with Gasteiger partial charge in [-0.05, 0) is 163 Å². The van der Waals surface area contributed by atoms with E-state index in [1.165, 1.54) is 98.9 Å². The van der Waals surface area contributed by atoms with Crippen LogP contribution in [-0.2, 0) is 27.1 Å². The lowest BCUT2D eigenvalue weighted by atomic mass is 9.35. The average molecular weight is 998 g/mol. The first-order valence-electron chi connectivity index (χ1n) is 27.3. The summed E-state index contributed by atoms with van der Waals surface area (Å²) in [5, 5.41) is 1.31. The van der Waals surface area contributed by atoms with Gasteiger partial charge in [0.1, 0.15) is 0 Å². The standard InChI is InChI=1S/C70H72BN3S/c1-66(2,3)46-29-33-51(34-30-46)73-59-44-56-55(69(10,11)37-38-70(56,12)13)43-57(59)71-63-60(73)41-52(72(49-25-19-15-20-26-49)50-27-21-16-22-28-50)42-61(63)74(64-54-40-48(68(7,8)9)32-36-62(54)75-65(64)71)58-35-31-47(67(4,5)6)39-53(58)45-23-17-14-18-24-45/h14-36,39-44H,37-38H2,1-13H3. The largest absolute Gasteiger partial charge is 0.311 e. The van der Waals surface area contributed by atoms with Crippen molar-refractivity contribution in [3.05, 3.63) is 204 Å². The zero-order valence-electron chi connectivity index (χ0n) is 46.5. The second-order valence-electron chi connectivity index (χ2n) is 26.2. The topological polar surface area (TPSA) is 9.72 Å². The van der Waals surface area contributed by atoms with Gasteiger partial charge in [-0.25, -0.2) is 0 Å². The lowest BCUT2D eigenvalue weighted by Gasteiger charge is -2.47. The summed E-state index contributed by atoms with van der Waals surface area (Å²) in [7, 11) is 0. The lowest BCUT2D eigenvalue weighted by Crippen LogP contribution is -2.61. The zero-order valence-corrected chi connectivity index (χ0v) is 47.3.